The van der Waals surface area contributed by atoms with Crippen molar-refractivity contribution in [1.82, 2.24) is 0 Å². The van der Waals surface area contributed by atoms with E-state index in [9.17, 15) is 14.4 Å². The van der Waals surface area contributed by atoms with E-state index in [1.807, 2.05) is 43.3 Å². The highest BCUT2D eigenvalue weighted by Gasteiger charge is 2.61. The topological polar surface area (TPSA) is 66.5 Å². The Morgan fingerprint density at radius 1 is 0.676 bits per heavy atom. The number of hydrogen-bond acceptors (Lipinski definition) is 3. The zero-order valence-electron chi connectivity index (χ0n) is 20.2. The van der Waals surface area contributed by atoms with Crippen LogP contribution in [0, 0.1) is 18.8 Å². The van der Waals surface area contributed by atoms with Gasteiger partial charge < -0.3 is 5.32 Å². The molecule has 4 aromatic rings. The third-order valence-electron chi connectivity index (χ3n) is 8.12. The van der Waals surface area contributed by atoms with E-state index < -0.39 is 11.8 Å². The fourth-order valence-corrected chi connectivity index (χ4v) is 6.56. The van der Waals surface area contributed by atoms with Gasteiger partial charge in [0.25, 0.3) is 5.91 Å². The molecule has 0 aromatic heterocycles. The van der Waals surface area contributed by atoms with Gasteiger partial charge in [0, 0.05) is 23.1 Å². The lowest BCUT2D eigenvalue weighted by Gasteiger charge is -2.45. The number of carbonyl (C=O) groups is 3. The standard InChI is InChI=1S/C32H24N2O3/c1-18-13-15-19(16-14-18)30(35)33-20-7-6-8-21(17-20)34-31(36)28-26-22-9-2-3-10-23(22)27(29(28)32(34)37)25-12-5-4-11-24(25)26/h2-17,26-29H,1H3,(H,33,35)/t26?,27?,28-,29-/m1/s1. The molecule has 1 fully saturated rings. The van der Waals surface area contributed by atoms with Gasteiger partial charge in [0.2, 0.25) is 11.8 Å². The van der Waals surface area contributed by atoms with E-state index in [1.54, 1.807) is 36.4 Å². The van der Waals surface area contributed by atoms with Crippen molar-refractivity contribution in [3.8, 4) is 0 Å². The largest absolute Gasteiger partial charge is 0.322 e. The molecule has 3 amide bonds. The molecule has 0 saturated carbocycles. The van der Waals surface area contributed by atoms with Gasteiger partial charge in [0.05, 0.1) is 17.5 Å². The van der Waals surface area contributed by atoms with Crippen molar-refractivity contribution in [2.75, 3.05) is 10.2 Å². The van der Waals surface area contributed by atoms with Gasteiger partial charge in [-0.05, 0) is 59.5 Å². The summed E-state index contributed by atoms with van der Waals surface area (Å²) in [6.45, 7) is 1.97. The molecule has 2 atom stereocenters. The summed E-state index contributed by atoms with van der Waals surface area (Å²) in [5.41, 5.74) is 7.23. The quantitative estimate of drug-likeness (QED) is 0.383. The van der Waals surface area contributed by atoms with E-state index in [-0.39, 0.29) is 29.6 Å². The predicted molar refractivity (Wildman–Crippen MR) is 142 cm³/mol. The first-order chi connectivity index (χ1) is 18.0. The average molecular weight is 485 g/mol. The molecular weight excluding hydrogens is 460 g/mol. The van der Waals surface area contributed by atoms with Crippen molar-refractivity contribution in [2.45, 2.75) is 18.8 Å². The molecule has 5 nitrogen and oxygen atoms in total. The lowest BCUT2D eigenvalue weighted by atomic mass is 9.55. The van der Waals surface area contributed by atoms with E-state index in [4.69, 9.17) is 0 Å². The first-order valence-corrected chi connectivity index (χ1v) is 12.6. The van der Waals surface area contributed by atoms with Crippen LogP contribution in [-0.4, -0.2) is 17.7 Å². The summed E-state index contributed by atoms with van der Waals surface area (Å²) in [4.78, 5) is 42.1. The molecule has 0 spiro atoms. The summed E-state index contributed by atoms with van der Waals surface area (Å²) < 4.78 is 0. The summed E-state index contributed by atoms with van der Waals surface area (Å²) >= 11 is 0. The van der Waals surface area contributed by atoms with Crippen LogP contribution in [0.5, 0.6) is 0 Å². The SMILES string of the molecule is Cc1ccc(C(=O)Nc2cccc(N3C(=O)[C@@H]4C5c6ccccc6C(c6ccccc65)[C@H]4C3=O)c2)cc1. The Hall–Kier alpha value is -4.51. The van der Waals surface area contributed by atoms with Gasteiger partial charge in [-0.2, -0.15) is 0 Å². The molecular formula is C32H24N2O3. The Bertz CT molecular complexity index is 1490. The Labute approximate surface area is 214 Å². The lowest BCUT2D eigenvalue weighted by Crippen LogP contribution is -2.41. The van der Waals surface area contributed by atoms with E-state index >= 15 is 0 Å². The zero-order chi connectivity index (χ0) is 25.3. The summed E-state index contributed by atoms with van der Waals surface area (Å²) in [6, 6.07) is 30.8. The second-order valence-electron chi connectivity index (χ2n) is 10.1. The molecule has 0 radical (unpaired) electrons. The van der Waals surface area contributed by atoms with Gasteiger partial charge in [0.15, 0.2) is 0 Å². The van der Waals surface area contributed by atoms with E-state index in [2.05, 4.69) is 29.6 Å². The third kappa shape index (κ3) is 3.13. The summed E-state index contributed by atoms with van der Waals surface area (Å²) in [5, 5.41) is 2.90. The smallest absolute Gasteiger partial charge is 0.255 e. The molecule has 1 aliphatic heterocycles. The molecule has 4 aliphatic rings. The molecule has 5 heteroatoms. The van der Waals surface area contributed by atoms with Crippen LogP contribution >= 0.6 is 0 Å². The fourth-order valence-electron chi connectivity index (χ4n) is 6.56. The van der Waals surface area contributed by atoms with Crippen LogP contribution in [-0.2, 0) is 9.59 Å². The third-order valence-corrected chi connectivity index (χ3v) is 8.12. The minimum absolute atomic E-state index is 0.145. The highest BCUT2D eigenvalue weighted by atomic mass is 16.2. The maximum atomic E-state index is 14.0. The highest BCUT2D eigenvalue weighted by Crippen LogP contribution is 2.61. The predicted octanol–water partition coefficient (Wildman–Crippen LogP) is 5.64. The van der Waals surface area contributed by atoms with Crippen molar-refractivity contribution < 1.29 is 14.4 Å². The van der Waals surface area contributed by atoms with E-state index in [1.165, 1.54) is 4.90 Å². The molecule has 37 heavy (non-hydrogen) atoms. The van der Waals surface area contributed by atoms with Gasteiger partial charge in [-0.15, -0.1) is 0 Å². The molecule has 180 valence electrons. The molecule has 2 bridgehead atoms. The number of benzene rings is 4. The van der Waals surface area contributed by atoms with Crippen LogP contribution in [0.25, 0.3) is 0 Å². The highest BCUT2D eigenvalue weighted by molar-refractivity contribution is 6.23. The van der Waals surface area contributed by atoms with Crippen LogP contribution < -0.4 is 10.2 Å². The minimum atomic E-state index is -0.437. The van der Waals surface area contributed by atoms with E-state index in [0.717, 1.165) is 27.8 Å². The molecule has 1 N–H and O–H groups in total. The maximum Gasteiger partial charge on any atom is 0.255 e. The number of rotatable bonds is 3. The summed E-state index contributed by atoms with van der Waals surface area (Å²) in [6.07, 6.45) is 0. The summed E-state index contributed by atoms with van der Waals surface area (Å²) in [7, 11) is 0. The maximum absolute atomic E-state index is 14.0. The number of carbonyl (C=O) groups excluding carboxylic acids is 3. The number of nitrogens with zero attached hydrogens (tertiary/aromatic N) is 1. The molecule has 3 aliphatic carbocycles. The molecule has 1 heterocycles. The molecule has 0 unspecified atom stereocenters. The Balaban J connectivity index is 1.25. The molecule has 8 rings (SSSR count). The fraction of sp³-hybridized carbons (Fsp3) is 0.156. The number of aryl methyl sites for hydroxylation is 1. The van der Waals surface area contributed by atoms with Gasteiger partial charge in [-0.3, -0.25) is 14.4 Å². The minimum Gasteiger partial charge on any atom is -0.322 e. The Kier molecular flexibility index (Phi) is 4.70. The number of anilines is 2. The monoisotopic (exact) mass is 484 g/mol. The van der Waals surface area contributed by atoms with Crippen LogP contribution in [0.4, 0.5) is 11.4 Å². The Morgan fingerprint density at radius 3 is 1.70 bits per heavy atom. The second-order valence-corrected chi connectivity index (χ2v) is 10.1. The van der Waals surface area contributed by atoms with Gasteiger partial charge >= 0.3 is 0 Å². The number of amides is 3. The van der Waals surface area contributed by atoms with Crippen LogP contribution in [0.3, 0.4) is 0 Å². The van der Waals surface area contributed by atoms with Crippen molar-refractivity contribution in [1.29, 1.82) is 0 Å². The van der Waals surface area contributed by atoms with Gasteiger partial charge in [-0.1, -0.05) is 72.3 Å². The van der Waals surface area contributed by atoms with Crippen LogP contribution in [0.2, 0.25) is 0 Å². The first kappa shape index (κ1) is 21.7. The van der Waals surface area contributed by atoms with Crippen molar-refractivity contribution in [2.24, 2.45) is 11.8 Å². The average Bonchev–Trinajstić information content (AvgIpc) is 3.19. The normalized spacial score (nSPS) is 22.9. The molecule has 1 saturated heterocycles. The van der Waals surface area contributed by atoms with Crippen LogP contribution in [0.1, 0.15) is 50.0 Å². The van der Waals surface area contributed by atoms with Crippen molar-refractivity contribution in [3.05, 3.63) is 130 Å². The van der Waals surface area contributed by atoms with E-state index in [0.29, 0.717) is 16.9 Å². The van der Waals surface area contributed by atoms with Gasteiger partial charge in [-0.25, -0.2) is 4.90 Å². The Morgan fingerprint density at radius 2 is 1.19 bits per heavy atom. The second kappa shape index (κ2) is 8.00. The lowest BCUT2D eigenvalue weighted by molar-refractivity contribution is -0.122. The summed E-state index contributed by atoms with van der Waals surface area (Å²) in [5.74, 6) is -1.75. The van der Waals surface area contributed by atoms with Crippen molar-refractivity contribution in [3.63, 3.8) is 0 Å². The van der Waals surface area contributed by atoms with Crippen molar-refractivity contribution >= 4 is 29.1 Å². The van der Waals surface area contributed by atoms with Crippen LogP contribution in [0.15, 0.2) is 97.1 Å². The number of nitrogens with one attached hydrogen (secondary N) is 1. The zero-order valence-corrected chi connectivity index (χ0v) is 20.2. The van der Waals surface area contributed by atoms with Gasteiger partial charge in [0.1, 0.15) is 0 Å². The molecule has 4 aromatic carbocycles. The first-order valence-electron chi connectivity index (χ1n) is 12.6. The number of hydrogen-bond donors (Lipinski definition) is 1. The number of imide groups is 1.